The monoisotopic (exact) mass is 466 g/mol. The minimum Gasteiger partial charge on any atom is -0.394 e. The zero-order valence-corrected chi connectivity index (χ0v) is 20.7. The summed E-state index contributed by atoms with van der Waals surface area (Å²) in [5, 5.41) is 8.55. The molecular weight excluding hydrogens is 416 g/mol. The zero-order valence-electron chi connectivity index (χ0n) is 20.7. The van der Waals surface area contributed by atoms with Gasteiger partial charge in [0.15, 0.2) is 0 Å². The summed E-state index contributed by atoms with van der Waals surface area (Å²) in [5.41, 5.74) is 0. The first-order chi connectivity index (χ1) is 15.8. The molecule has 0 rings (SSSR count). The summed E-state index contributed by atoms with van der Waals surface area (Å²) in [6, 6.07) is 0. The highest BCUT2D eigenvalue weighted by Gasteiger charge is 1.96. The van der Waals surface area contributed by atoms with Crippen LogP contribution in [0.15, 0.2) is 0 Å². The number of aliphatic hydroxyl groups excluding tert-OH is 1. The van der Waals surface area contributed by atoms with Gasteiger partial charge in [-0.1, -0.05) is 46.0 Å². The van der Waals surface area contributed by atoms with E-state index in [1.807, 2.05) is 0 Å². The first-order valence-electron chi connectivity index (χ1n) is 12.4. The van der Waals surface area contributed by atoms with Crippen LogP contribution >= 0.6 is 0 Å². The molecule has 0 spiro atoms. The number of rotatable bonds is 28. The van der Waals surface area contributed by atoms with E-state index in [2.05, 4.69) is 13.8 Å². The van der Waals surface area contributed by atoms with E-state index in [0.717, 1.165) is 18.9 Å². The van der Waals surface area contributed by atoms with Crippen molar-refractivity contribution in [3.8, 4) is 0 Å². The van der Waals surface area contributed by atoms with Crippen LogP contribution in [0.4, 0.5) is 0 Å². The minimum absolute atomic E-state index is 0.0381. The fraction of sp³-hybridized carbons (Fsp3) is 1.00. The van der Waals surface area contributed by atoms with Crippen molar-refractivity contribution < 1.29 is 38.3 Å². The number of hydrogen-bond acceptors (Lipinski definition) is 8. The van der Waals surface area contributed by atoms with Gasteiger partial charge in [0.1, 0.15) is 0 Å². The molecule has 8 nitrogen and oxygen atoms in total. The molecule has 0 aliphatic rings. The van der Waals surface area contributed by atoms with Gasteiger partial charge < -0.3 is 38.3 Å². The highest BCUT2D eigenvalue weighted by atomic mass is 16.6. The van der Waals surface area contributed by atoms with Crippen molar-refractivity contribution in [2.75, 3.05) is 99.1 Å². The van der Waals surface area contributed by atoms with Crippen molar-refractivity contribution >= 4 is 0 Å². The van der Waals surface area contributed by atoms with Crippen LogP contribution in [0, 0.1) is 5.92 Å². The Bertz CT molecular complexity index is 331. The van der Waals surface area contributed by atoms with Gasteiger partial charge in [-0.15, -0.1) is 0 Å². The smallest absolute Gasteiger partial charge is 0.0701 e. The molecule has 0 radical (unpaired) electrons. The van der Waals surface area contributed by atoms with Gasteiger partial charge in [0.2, 0.25) is 0 Å². The lowest BCUT2D eigenvalue weighted by molar-refractivity contribution is -0.0215. The van der Waals surface area contributed by atoms with Gasteiger partial charge in [-0.25, -0.2) is 0 Å². The van der Waals surface area contributed by atoms with Gasteiger partial charge >= 0.3 is 0 Å². The van der Waals surface area contributed by atoms with Crippen molar-refractivity contribution in [1.29, 1.82) is 0 Å². The average Bonchev–Trinajstić information content (AvgIpc) is 2.78. The Kier molecular flexibility index (Phi) is 28.4. The van der Waals surface area contributed by atoms with Gasteiger partial charge in [0, 0.05) is 6.61 Å². The van der Waals surface area contributed by atoms with Gasteiger partial charge in [-0.05, 0) is 12.3 Å². The fourth-order valence-corrected chi connectivity index (χ4v) is 2.77. The molecule has 0 unspecified atom stereocenters. The largest absolute Gasteiger partial charge is 0.394 e. The predicted molar refractivity (Wildman–Crippen MR) is 125 cm³/mol. The lowest BCUT2D eigenvalue weighted by Gasteiger charge is -2.08. The summed E-state index contributed by atoms with van der Waals surface area (Å²) in [6.07, 6.45) is 7.78. The predicted octanol–water partition coefficient (Wildman–Crippen LogP) is 3.09. The summed E-state index contributed by atoms with van der Waals surface area (Å²) in [5.74, 6) is 0.829. The van der Waals surface area contributed by atoms with Crippen molar-refractivity contribution in [2.24, 2.45) is 5.92 Å². The number of ether oxygens (including phenoxy) is 7. The van der Waals surface area contributed by atoms with Gasteiger partial charge in [0.25, 0.3) is 0 Å². The highest BCUT2D eigenvalue weighted by molar-refractivity contribution is 4.48. The second kappa shape index (κ2) is 28.7. The van der Waals surface area contributed by atoms with Gasteiger partial charge in [-0.2, -0.15) is 0 Å². The van der Waals surface area contributed by atoms with Crippen LogP contribution in [-0.4, -0.2) is 104 Å². The maximum absolute atomic E-state index is 8.55. The zero-order chi connectivity index (χ0) is 23.4. The number of unbranched alkanes of at least 4 members (excludes halogenated alkanes) is 4. The Balaban J connectivity index is 3.00. The molecule has 0 aromatic rings. The standard InChI is InChI=1S/C24H50O8/c1-24(2)8-6-4-3-5-7-10-26-12-14-28-16-18-30-20-22-32-23-21-31-19-17-29-15-13-27-11-9-25/h24-25H,3-23H2,1-2H3. The molecule has 0 heterocycles. The molecule has 0 fully saturated rings. The van der Waals surface area contributed by atoms with Crippen LogP contribution in [0.1, 0.15) is 52.4 Å². The third kappa shape index (κ3) is 29.7. The quantitative estimate of drug-likeness (QED) is 0.176. The van der Waals surface area contributed by atoms with E-state index < -0.39 is 0 Å². The molecule has 32 heavy (non-hydrogen) atoms. The molecule has 0 aromatic heterocycles. The van der Waals surface area contributed by atoms with E-state index in [0.29, 0.717) is 85.9 Å². The summed E-state index contributed by atoms with van der Waals surface area (Å²) in [4.78, 5) is 0. The van der Waals surface area contributed by atoms with Crippen LogP contribution in [-0.2, 0) is 33.2 Å². The van der Waals surface area contributed by atoms with Crippen LogP contribution in [0.3, 0.4) is 0 Å². The van der Waals surface area contributed by atoms with Crippen LogP contribution in [0.25, 0.3) is 0 Å². The molecule has 0 aromatic carbocycles. The molecule has 0 saturated heterocycles. The molecule has 0 saturated carbocycles. The van der Waals surface area contributed by atoms with E-state index in [-0.39, 0.29) is 6.61 Å². The molecular formula is C24H50O8. The van der Waals surface area contributed by atoms with Gasteiger partial charge in [0.05, 0.1) is 92.5 Å². The van der Waals surface area contributed by atoms with Crippen molar-refractivity contribution in [3.05, 3.63) is 0 Å². The number of hydrogen-bond donors (Lipinski definition) is 1. The van der Waals surface area contributed by atoms with Crippen molar-refractivity contribution in [3.63, 3.8) is 0 Å². The van der Waals surface area contributed by atoms with E-state index in [1.54, 1.807) is 0 Å². The third-order valence-electron chi connectivity index (χ3n) is 4.54. The summed E-state index contributed by atoms with van der Waals surface area (Å²) in [7, 11) is 0. The summed E-state index contributed by atoms with van der Waals surface area (Å²) in [6.45, 7) is 12.4. The van der Waals surface area contributed by atoms with E-state index in [4.69, 9.17) is 38.3 Å². The minimum atomic E-state index is 0.0381. The molecule has 194 valence electrons. The maximum atomic E-state index is 8.55. The summed E-state index contributed by atoms with van der Waals surface area (Å²) < 4.78 is 37.8. The Labute approximate surface area is 196 Å². The molecule has 0 aliphatic heterocycles. The second-order valence-corrected chi connectivity index (χ2v) is 7.96. The fourth-order valence-electron chi connectivity index (χ4n) is 2.77. The Hall–Kier alpha value is -0.320. The van der Waals surface area contributed by atoms with E-state index in [9.17, 15) is 0 Å². The van der Waals surface area contributed by atoms with Crippen LogP contribution in [0.2, 0.25) is 0 Å². The topological polar surface area (TPSA) is 84.8 Å². The highest BCUT2D eigenvalue weighted by Crippen LogP contribution is 2.10. The maximum Gasteiger partial charge on any atom is 0.0701 e. The van der Waals surface area contributed by atoms with Crippen LogP contribution in [0.5, 0.6) is 0 Å². The number of aliphatic hydroxyl groups is 1. The Morgan fingerprint density at radius 3 is 1.09 bits per heavy atom. The molecule has 0 atom stereocenters. The summed E-state index contributed by atoms with van der Waals surface area (Å²) >= 11 is 0. The van der Waals surface area contributed by atoms with Crippen molar-refractivity contribution in [1.82, 2.24) is 0 Å². The Morgan fingerprint density at radius 1 is 0.406 bits per heavy atom. The van der Waals surface area contributed by atoms with E-state index in [1.165, 1.54) is 32.1 Å². The first kappa shape index (κ1) is 31.7. The average molecular weight is 467 g/mol. The SMILES string of the molecule is CC(C)CCCCCCCOCCOCCOCCOCCOCCOCCOCCO. The van der Waals surface area contributed by atoms with Crippen LogP contribution < -0.4 is 0 Å². The molecule has 0 bridgehead atoms. The van der Waals surface area contributed by atoms with Crippen molar-refractivity contribution in [2.45, 2.75) is 52.4 Å². The van der Waals surface area contributed by atoms with E-state index >= 15 is 0 Å². The molecule has 0 amide bonds. The first-order valence-corrected chi connectivity index (χ1v) is 12.4. The lowest BCUT2D eigenvalue weighted by atomic mass is 10.0. The van der Waals surface area contributed by atoms with Gasteiger partial charge in [-0.3, -0.25) is 0 Å². The Morgan fingerprint density at radius 2 is 0.719 bits per heavy atom. The molecule has 0 aliphatic carbocycles. The molecule has 8 heteroatoms. The molecule has 1 N–H and O–H groups in total. The third-order valence-corrected chi connectivity index (χ3v) is 4.54. The second-order valence-electron chi connectivity index (χ2n) is 7.96. The normalized spacial score (nSPS) is 11.6. The lowest BCUT2D eigenvalue weighted by Crippen LogP contribution is -2.14.